The molecule has 2 heterocycles. The molecule has 19 heavy (non-hydrogen) atoms. The van der Waals surface area contributed by atoms with Crippen molar-refractivity contribution in [2.75, 3.05) is 31.7 Å². The number of hydrogen-bond donors (Lipinski definition) is 0. The Balaban J connectivity index is 1.94. The first kappa shape index (κ1) is 12.8. The Bertz CT molecular complexity index is 581. The van der Waals surface area contributed by atoms with E-state index < -0.39 is 0 Å². The van der Waals surface area contributed by atoms with E-state index in [-0.39, 0.29) is 0 Å². The zero-order valence-electron chi connectivity index (χ0n) is 11.5. The second-order valence-electron chi connectivity index (χ2n) is 4.85. The third-order valence-electron chi connectivity index (χ3n) is 3.62. The summed E-state index contributed by atoms with van der Waals surface area (Å²) in [5.74, 6) is 1.06. The van der Waals surface area contributed by atoms with Gasteiger partial charge in [0.25, 0.3) is 0 Å². The summed E-state index contributed by atoms with van der Waals surface area (Å²) in [4.78, 5) is 13.8. The van der Waals surface area contributed by atoms with Gasteiger partial charge in [0, 0.05) is 25.1 Å². The second kappa shape index (κ2) is 5.43. The van der Waals surface area contributed by atoms with Gasteiger partial charge in [0.2, 0.25) is 0 Å². The number of likely N-dealkylation sites (N-methyl/N-ethyl adjacent to an activating group) is 1. The number of rotatable bonds is 5. The van der Waals surface area contributed by atoms with Gasteiger partial charge >= 0.3 is 0 Å². The molecule has 0 amide bonds. The maximum absolute atomic E-state index is 5.43. The van der Waals surface area contributed by atoms with Crippen molar-refractivity contribution >= 4 is 27.4 Å². The first-order chi connectivity index (χ1) is 9.31. The fraction of sp³-hybridized carbons (Fsp3) is 0.571. The van der Waals surface area contributed by atoms with Gasteiger partial charge in [-0.2, -0.15) is 0 Å². The Morgan fingerprint density at radius 3 is 3.11 bits per heavy atom. The van der Waals surface area contributed by atoms with E-state index in [0.717, 1.165) is 30.4 Å². The summed E-state index contributed by atoms with van der Waals surface area (Å²) in [6, 6.07) is 0. The zero-order valence-corrected chi connectivity index (χ0v) is 12.3. The zero-order chi connectivity index (χ0) is 13.2. The van der Waals surface area contributed by atoms with Gasteiger partial charge < -0.3 is 9.64 Å². The molecule has 2 aromatic rings. The number of aromatic nitrogens is 2. The Morgan fingerprint density at radius 2 is 2.26 bits per heavy atom. The van der Waals surface area contributed by atoms with Crippen molar-refractivity contribution in [2.45, 2.75) is 26.2 Å². The second-order valence-corrected chi connectivity index (χ2v) is 5.94. The van der Waals surface area contributed by atoms with Gasteiger partial charge in [-0.3, -0.25) is 0 Å². The molecule has 0 radical (unpaired) electrons. The molecule has 1 aliphatic carbocycles. The summed E-state index contributed by atoms with van der Waals surface area (Å²) in [6.45, 7) is 4.39. The van der Waals surface area contributed by atoms with Crippen LogP contribution in [0.2, 0.25) is 0 Å². The number of aryl methyl sites for hydroxylation is 2. The van der Waals surface area contributed by atoms with Crippen LogP contribution in [0, 0.1) is 0 Å². The highest BCUT2D eigenvalue weighted by Gasteiger charge is 2.22. The Labute approximate surface area is 117 Å². The van der Waals surface area contributed by atoms with Crippen LogP contribution in [0.1, 0.15) is 23.8 Å². The van der Waals surface area contributed by atoms with Crippen LogP contribution in [0.4, 0.5) is 5.82 Å². The average molecular weight is 277 g/mol. The summed E-state index contributed by atoms with van der Waals surface area (Å²) in [7, 11) is 2.08. The van der Waals surface area contributed by atoms with Crippen molar-refractivity contribution in [3.8, 4) is 0 Å². The highest BCUT2D eigenvalue weighted by Crippen LogP contribution is 2.39. The lowest BCUT2D eigenvalue weighted by Crippen LogP contribution is -2.23. The molecule has 0 spiro atoms. The van der Waals surface area contributed by atoms with E-state index in [0.29, 0.717) is 0 Å². The van der Waals surface area contributed by atoms with Gasteiger partial charge in [0.1, 0.15) is 17.0 Å². The summed E-state index contributed by atoms with van der Waals surface area (Å²) in [6.07, 6.45) is 5.34. The van der Waals surface area contributed by atoms with Gasteiger partial charge in [-0.05, 0) is 31.7 Å². The molecule has 0 aliphatic heterocycles. The fourth-order valence-corrected chi connectivity index (χ4v) is 3.88. The minimum Gasteiger partial charge on any atom is -0.380 e. The molecule has 2 aromatic heterocycles. The van der Waals surface area contributed by atoms with E-state index in [1.807, 2.05) is 18.3 Å². The van der Waals surface area contributed by atoms with E-state index >= 15 is 0 Å². The molecule has 102 valence electrons. The average Bonchev–Trinajstić information content (AvgIpc) is 2.98. The minimum atomic E-state index is 0.741. The first-order valence-electron chi connectivity index (χ1n) is 6.85. The predicted molar refractivity (Wildman–Crippen MR) is 79.2 cm³/mol. The molecule has 0 unspecified atom stereocenters. The number of fused-ring (bicyclic) bond motifs is 3. The van der Waals surface area contributed by atoms with Gasteiger partial charge in [0.15, 0.2) is 0 Å². The van der Waals surface area contributed by atoms with Crippen LogP contribution in [0.25, 0.3) is 10.2 Å². The van der Waals surface area contributed by atoms with Crippen molar-refractivity contribution in [3.05, 3.63) is 16.8 Å². The SMILES string of the molecule is CCOCCN(C)c1ncnc2sc3c(c12)CCC3. The number of anilines is 1. The smallest absolute Gasteiger partial charge is 0.140 e. The third-order valence-corrected chi connectivity index (χ3v) is 4.82. The standard InChI is InChI=1S/C14H19N3OS/c1-3-18-8-7-17(2)13-12-10-5-4-6-11(10)19-14(12)16-9-15-13/h9H,3-8H2,1-2H3. The fourth-order valence-electron chi connectivity index (χ4n) is 2.65. The Kier molecular flexibility index (Phi) is 3.66. The first-order valence-corrected chi connectivity index (χ1v) is 7.67. The molecule has 0 fully saturated rings. The molecule has 0 aromatic carbocycles. The molecular formula is C14H19N3OS. The van der Waals surface area contributed by atoms with E-state index in [4.69, 9.17) is 4.74 Å². The molecule has 0 saturated heterocycles. The molecule has 0 bridgehead atoms. The summed E-state index contributed by atoms with van der Waals surface area (Å²) < 4.78 is 5.43. The largest absolute Gasteiger partial charge is 0.380 e. The maximum atomic E-state index is 5.43. The number of thiophene rings is 1. The van der Waals surface area contributed by atoms with Gasteiger partial charge in [0.05, 0.1) is 12.0 Å². The van der Waals surface area contributed by atoms with Crippen LogP contribution in [0.3, 0.4) is 0 Å². The summed E-state index contributed by atoms with van der Waals surface area (Å²) in [5.41, 5.74) is 1.49. The lowest BCUT2D eigenvalue weighted by atomic mass is 10.2. The third kappa shape index (κ3) is 2.32. The predicted octanol–water partition coefficient (Wildman–Crippen LogP) is 2.65. The van der Waals surface area contributed by atoms with Crippen molar-refractivity contribution in [1.82, 2.24) is 9.97 Å². The molecule has 3 rings (SSSR count). The Morgan fingerprint density at radius 1 is 1.37 bits per heavy atom. The lowest BCUT2D eigenvalue weighted by Gasteiger charge is -2.19. The topological polar surface area (TPSA) is 38.2 Å². The highest BCUT2D eigenvalue weighted by atomic mass is 32.1. The van der Waals surface area contributed by atoms with Gasteiger partial charge in [-0.15, -0.1) is 11.3 Å². The normalized spacial score (nSPS) is 14.0. The van der Waals surface area contributed by atoms with Crippen molar-refractivity contribution in [2.24, 2.45) is 0 Å². The number of ether oxygens (including phenoxy) is 1. The monoisotopic (exact) mass is 277 g/mol. The molecular weight excluding hydrogens is 258 g/mol. The Hall–Kier alpha value is -1.20. The summed E-state index contributed by atoms with van der Waals surface area (Å²) in [5, 5.41) is 1.28. The van der Waals surface area contributed by atoms with Crippen LogP contribution in [0.15, 0.2) is 6.33 Å². The molecule has 0 N–H and O–H groups in total. The number of nitrogens with zero attached hydrogens (tertiary/aromatic N) is 3. The minimum absolute atomic E-state index is 0.741. The van der Waals surface area contributed by atoms with E-state index in [2.05, 4.69) is 21.9 Å². The van der Waals surface area contributed by atoms with E-state index in [1.165, 1.54) is 35.1 Å². The van der Waals surface area contributed by atoms with E-state index in [9.17, 15) is 0 Å². The maximum Gasteiger partial charge on any atom is 0.140 e. The molecule has 0 saturated carbocycles. The van der Waals surface area contributed by atoms with Gasteiger partial charge in [-0.25, -0.2) is 9.97 Å². The van der Waals surface area contributed by atoms with E-state index in [1.54, 1.807) is 6.33 Å². The van der Waals surface area contributed by atoms with Crippen LogP contribution < -0.4 is 4.90 Å². The molecule has 4 nitrogen and oxygen atoms in total. The van der Waals surface area contributed by atoms with Crippen LogP contribution in [0.5, 0.6) is 0 Å². The lowest BCUT2D eigenvalue weighted by molar-refractivity contribution is 0.154. The van der Waals surface area contributed by atoms with Crippen molar-refractivity contribution < 1.29 is 4.74 Å². The number of hydrogen-bond acceptors (Lipinski definition) is 5. The molecule has 0 atom stereocenters. The molecule has 5 heteroatoms. The van der Waals surface area contributed by atoms with Crippen molar-refractivity contribution in [3.63, 3.8) is 0 Å². The van der Waals surface area contributed by atoms with Gasteiger partial charge in [-0.1, -0.05) is 0 Å². The quantitative estimate of drug-likeness (QED) is 0.788. The highest BCUT2D eigenvalue weighted by molar-refractivity contribution is 7.19. The van der Waals surface area contributed by atoms with Crippen LogP contribution >= 0.6 is 11.3 Å². The summed E-state index contributed by atoms with van der Waals surface area (Å²) >= 11 is 1.84. The molecule has 1 aliphatic rings. The van der Waals surface area contributed by atoms with Crippen LogP contribution in [-0.4, -0.2) is 36.8 Å². The van der Waals surface area contributed by atoms with Crippen molar-refractivity contribution in [1.29, 1.82) is 0 Å². The van der Waals surface area contributed by atoms with Crippen LogP contribution in [-0.2, 0) is 17.6 Å².